The van der Waals surface area contributed by atoms with Crippen LogP contribution >= 0.6 is 0 Å². The van der Waals surface area contributed by atoms with Crippen molar-refractivity contribution in [3.8, 4) is 5.75 Å². The van der Waals surface area contributed by atoms with Crippen LogP contribution in [-0.2, 0) is 13.6 Å². The molecule has 2 heterocycles. The van der Waals surface area contributed by atoms with Gasteiger partial charge >= 0.3 is 0 Å². The van der Waals surface area contributed by atoms with Crippen molar-refractivity contribution in [2.75, 3.05) is 7.11 Å². The number of aryl methyl sites for hydroxylation is 1. The van der Waals surface area contributed by atoms with E-state index < -0.39 is 0 Å². The van der Waals surface area contributed by atoms with Gasteiger partial charge in [-0.25, -0.2) is 0 Å². The van der Waals surface area contributed by atoms with Crippen molar-refractivity contribution in [1.82, 2.24) is 14.5 Å². The molecule has 6 nitrogen and oxygen atoms in total. The molecule has 0 bridgehead atoms. The first-order chi connectivity index (χ1) is 15.6. The maximum absolute atomic E-state index is 13.5. The Bertz CT molecular complexity index is 1360. The van der Waals surface area contributed by atoms with Crippen molar-refractivity contribution >= 4 is 27.7 Å². The van der Waals surface area contributed by atoms with Gasteiger partial charge in [0.15, 0.2) is 0 Å². The van der Waals surface area contributed by atoms with Crippen molar-refractivity contribution in [3.63, 3.8) is 0 Å². The first-order valence-corrected chi connectivity index (χ1v) is 11.1. The van der Waals surface area contributed by atoms with Gasteiger partial charge in [0.1, 0.15) is 11.3 Å². The van der Waals surface area contributed by atoms with Crippen LogP contribution in [0.15, 0.2) is 59.5 Å². The number of hydrogen-bond acceptors (Lipinski definition) is 3. The zero-order chi connectivity index (χ0) is 22.2. The number of aromatic nitrogens is 2. The topological polar surface area (TPSA) is 65.3 Å². The highest BCUT2D eigenvalue weighted by Crippen LogP contribution is 2.33. The molecular formula is C26H27N3O3. The average molecular weight is 430 g/mol. The van der Waals surface area contributed by atoms with Crippen LogP contribution in [0.1, 0.15) is 47.6 Å². The van der Waals surface area contributed by atoms with Crippen LogP contribution in [0.2, 0.25) is 0 Å². The van der Waals surface area contributed by atoms with Crippen molar-refractivity contribution in [2.45, 2.75) is 38.3 Å². The fourth-order valence-electron chi connectivity index (χ4n) is 4.95. The third kappa shape index (κ3) is 3.36. The molecule has 0 spiro atoms. The van der Waals surface area contributed by atoms with Crippen molar-refractivity contribution in [3.05, 3.63) is 76.2 Å². The third-order valence-corrected chi connectivity index (χ3v) is 6.66. The predicted octanol–water partition coefficient (Wildman–Crippen LogP) is 4.55. The molecule has 2 aromatic heterocycles. The summed E-state index contributed by atoms with van der Waals surface area (Å²) in [5, 5.41) is 4.71. The highest BCUT2D eigenvalue weighted by molar-refractivity contribution is 6.17. The number of amides is 1. The second-order valence-corrected chi connectivity index (χ2v) is 8.52. The Kier molecular flexibility index (Phi) is 5.21. The zero-order valence-corrected chi connectivity index (χ0v) is 18.4. The largest absolute Gasteiger partial charge is 0.497 e. The number of para-hydroxylation sites is 1. The normalized spacial score (nSPS) is 14.3. The van der Waals surface area contributed by atoms with Crippen molar-refractivity contribution in [2.24, 2.45) is 7.05 Å². The molecule has 0 saturated heterocycles. The maximum atomic E-state index is 13.5. The fourth-order valence-corrected chi connectivity index (χ4v) is 4.95. The lowest BCUT2D eigenvalue weighted by Crippen LogP contribution is -2.29. The number of benzene rings is 2. The zero-order valence-electron chi connectivity index (χ0n) is 18.4. The molecule has 0 atom stereocenters. The monoisotopic (exact) mass is 429 g/mol. The summed E-state index contributed by atoms with van der Waals surface area (Å²) in [6.45, 7) is 0.400. The molecule has 1 aliphatic rings. The van der Waals surface area contributed by atoms with Crippen LogP contribution in [0.5, 0.6) is 5.75 Å². The van der Waals surface area contributed by atoms with Gasteiger partial charge in [0.25, 0.3) is 11.5 Å². The van der Waals surface area contributed by atoms with Crippen LogP contribution in [0, 0.1) is 0 Å². The van der Waals surface area contributed by atoms with Gasteiger partial charge in [0.05, 0.1) is 12.7 Å². The molecule has 2 aromatic carbocycles. The Labute approximate surface area is 186 Å². The first-order valence-electron chi connectivity index (χ1n) is 11.1. The van der Waals surface area contributed by atoms with Crippen molar-refractivity contribution in [1.29, 1.82) is 0 Å². The number of carbonyl (C=O) groups is 1. The molecule has 1 aliphatic carbocycles. The summed E-state index contributed by atoms with van der Waals surface area (Å²) < 4.78 is 8.94. The van der Waals surface area contributed by atoms with E-state index in [2.05, 4.69) is 5.32 Å². The van der Waals surface area contributed by atoms with Gasteiger partial charge in [-0.2, -0.15) is 0 Å². The third-order valence-electron chi connectivity index (χ3n) is 6.66. The highest BCUT2D eigenvalue weighted by Gasteiger charge is 2.25. The summed E-state index contributed by atoms with van der Waals surface area (Å²) in [6.07, 6.45) is 5.97. The highest BCUT2D eigenvalue weighted by atomic mass is 16.5. The number of ether oxygens (including phenoxy) is 1. The Balaban J connectivity index is 1.61. The van der Waals surface area contributed by atoms with Gasteiger partial charge in [0.2, 0.25) is 0 Å². The summed E-state index contributed by atoms with van der Waals surface area (Å²) in [4.78, 5) is 26.9. The van der Waals surface area contributed by atoms with E-state index in [9.17, 15) is 9.59 Å². The van der Waals surface area contributed by atoms with Crippen LogP contribution in [0.4, 0.5) is 0 Å². The lowest BCUT2D eigenvalue weighted by molar-refractivity contribution is 0.0951. The van der Waals surface area contributed by atoms with E-state index in [0.29, 0.717) is 17.6 Å². The van der Waals surface area contributed by atoms with E-state index in [-0.39, 0.29) is 17.5 Å². The number of rotatable bonds is 5. The Morgan fingerprint density at radius 3 is 2.53 bits per heavy atom. The lowest BCUT2D eigenvalue weighted by Gasteiger charge is -2.17. The summed E-state index contributed by atoms with van der Waals surface area (Å²) in [6, 6.07) is 15.7. The molecule has 32 heavy (non-hydrogen) atoms. The molecule has 0 aliphatic heterocycles. The first kappa shape index (κ1) is 20.4. The number of methoxy groups -OCH3 is 1. The van der Waals surface area contributed by atoms with Gasteiger partial charge in [0, 0.05) is 42.1 Å². The van der Waals surface area contributed by atoms with Gasteiger partial charge < -0.3 is 19.2 Å². The SMILES string of the molecule is COc1ccc(CNC(=O)c2cn(C3CCCC3)c(=O)c3c2c2ccccc2n3C)cc1. The number of hydrogen-bond donors (Lipinski definition) is 1. The Morgan fingerprint density at radius 1 is 1.09 bits per heavy atom. The maximum Gasteiger partial charge on any atom is 0.275 e. The molecular weight excluding hydrogens is 402 g/mol. The average Bonchev–Trinajstić information content (AvgIpc) is 3.46. The Morgan fingerprint density at radius 2 is 1.81 bits per heavy atom. The molecule has 5 rings (SSSR count). The number of pyridine rings is 1. The summed E-state index contributed by atoms with van der Waals surface area (Å²) in [5.41, 5.74) is 3.06. The minimum atomic E-state index is -0.172. The van der Waals surface area contributed by atoms with Crippen molar-refractivity contribution < 1.29 is 9.53 Å². The molecule has 1 N–H and O–H groups in total. The van der Waals surface area contributed by atoms with E-state index in [1.807, 2.05) is 60.1 Å². The van der Waals surface area contributed by atoms with Gasteiger partial charge in [-0.15, -0.1) is 0 Å². The van der Waals surface area contributed by atoms with Crippen LogP contribution in [0.3, 0.4) is 0 Å². The molecule has 1 amide bonds. The number of nitrogens with one attached hydrogen (secondary N) is 1. The van der Waals surface area contributed by atoms with E-state index in [1.165, 1.54) is 0 Å². The van der Waals surface area contributed by atoms with E-state index in [1.54, 1.807) is 17.9 Å². The molecule has 6 heteroatoms. The van der Waals surface area contributed by atoms with Gasteiger partial charge in [-0.05, 0) is 36.6 Å². The van der Waals surface area contributed by atoms with E-state index in [4.69, 9.17) is 4.74 Å². The summed E-state index contributed by atoms with van der Waals surface area (Å²) in [5.74, 6) is 0.607. The van der Waals surface area contributed by atoms with E-state index in [0.717, 1.165) is 53.3 Å². The second-order valence-electron chi connectivity index (χ2n) is 8.52. The molecule has 1 fully saturated rings. The molecule has 4 aromatic rings. The molecule has 0 radical (unpaired) electrons. The molecule has 164 valence electrons. The van der Waals surface area contributed by atoms with Crippen LogP contribution < -0.4 is 15.6 Å². The standard InChI is InChI=1S/C26H27N3O3/c1-28-22-10-6-5-9-20(22)23-21(16-29(26(31)24(23)28)18-7-3-4-8-18)25(30)27-15-17-11-13-19(32-2)14-12-17/h5-6,9-14,16,18H,3-4,7-8,15H2,1-2H3,(H,27,30). The number of nitrogens with zero attached hydrogens (tertiary/aromatic N) is 2. The van der Waals surface area contributed by atoms with E-state index >= 15 is 0 Å². The number of fused-ring (bicyclic) bond motifs is 3. The smallest absolute Gasteiger partial charge is 0.275 e. The fraction of sp³-hybridized carbons (Fsp3) is 0.308. The minimum Gasteiger partial charge on any atom is -0.497 e. The quantitative estimate of drug-likeness (QED) is 0.506. The predicted molar refractivity (Wildman–Crippen MR) is 126 cm³/mol. The van der Waals surface area contributed by atoms with Gasteiger partial charge in [-0.1, -0.05) is 43.2 Å². The van der Waals surface area contributed by atoms with Gasteiger partial charge in [-0.3, -0.25) is 9.59 Å². The minimum absolute atomic E-state index is 0.0164. The summed E-state index contributed by atoms with van der Waals surface area (Å²) >= 11 is 0. The Hall–Kier alpha value is -3.54. The second kappa shape index (κ2) is 8.19. The molecule has 1 saturated carbocycles. The summed E-state index contributed by atoms with van der Waals surface area (Å²) in [7, 11) is 3.54. The lowest BCUT2D eigenvalue weighted by atomic mass is 10.1. The van der Waals surface area contributed by atoms with Crippen LogP contribution in [0.25, 0.3) is 21.8 Å². The van der Waals surface area contributed by atoms with Crippen LogP contribution in [-0.4, -0.2) is 22.2 Å². The number of carbonyl (C=O) groups excluding carboxylic acids is 1. The molecule has 0 unspecified atom stereocenters.